The Hall–Kier alpha value is -2.08. The Labute approximate surface area is 145 Å². The van der Waals surface area contributed by atoms with E-state index in [1.807, 2.05) is 0 Å². The van der Waals surface area contributed by atoms with Crippen LogP contribution in [0.4, 0.5) is 0 Å². The molecule has 0 aliphatic carbocycles. The predicted octanol–water partition coefficient (Wildman–Crippen LogP) is 2.17. The number of carboxylic acid groups (broad SMARTS) is 1. The summed E-state index contributed by atoms with van der Waals surface area (Å²) < 4.78 is 0. The van der Waals surface area contributed by atoms with Gasteiger partial charge >= 0.3 is 5.97 Å². The van der Waals surface area contributed by atoms with Crippen molar-refractivity contribution in [2.75, 3.05) is 13.1 Å². The van der Waals surface area contributed by atoms with E-state index < -0.39 is 23.8 Å². The van der Waals surface area contributed by atoms with E-state index in [1.54, 1.807) is 12.1 Å². The van der Waals surface area contributed by atoms with E-state index in [1.165, 1.54) is 17.0 Å². The van der Waals surface area contributed by atoms with E-state index in [-0.39, 0.29) is 12.5 Å². The van der Waals surface area contributed by atoms with Crippen LogP contribution in [0.25, 0.3) is 0 Å². The number of unbranched alkanes of at least 4 members (excludes halogenated alkanes) is 2. The maximum Gasteiger partial charge on any atom is 0.310 e. The highest BCUT2D eigenvalue weighted by molar-refractivity contribution is 6.30. The van der Waals surface area contributed by atoms with E-state index in [4.69, 9.17) is 11.6 Å². The van der Waals surface area contributed by atoms with Crippen molar-refractivity contribution in [3.8, 4) is 0 Å². The molecule has 7 heteroatoms. The zero-order chi connectivity index (χ0) is 17.7. The van der Waals surface area contributed by atoms with Gasteiger partial charge in [0, 0.05) is 23.7 Å². The zero-order valence-corrected chi connectivity index (χ0v) is 14.3. The topological polar surface area (TPSA) is 86.7 Å². The number of benzene rings is 1. The van der Waals surface area contributed by atoms with E-state index in [0.717, 1.165) is 19.3 Å². The summed E-state index contributed by atoms with van der Waals surface area (Å²) in [6, 6.07) is 5.17. The molecule has 0 radical (unpaired) electrons. The number of rotatable bonds is 7. The molecule has 2 rings (SSSR count). The number of likely N-dealkylation sites (tertiary alicyclic amines) is 1. The van der Waals surface area contributed by atoms with Crippen LogP contribution in [0.2, 0.25) is 5.02 Å². The average molecular weight is 353 g/mol. The first-order chi connectivity index (χ1) is 11.4. The van der Waals surface area contributed by atoms with Crippen molar-refractivity contribution in [3.05, 3.63) is 34.9 Å². The molecule has 1 aliphatic heterocycles. The minimum absolute atomic E-state index is 0.128. The van der Waals surface area contributed by atoms with Gasteiger partial charge in [-0.25, -0.2) is 0 Å². The monoisotopic (exact) mass is 352 g/mol. The molecule has 130 valence electrons. The molecule has 6 nitrogen and oxygen atoms in total. The third-order valence-electron chi connectivity index (χ3n) is 4.14. The van der Waals surface area contributed by atoms with Crippen LogP contribution in [0.5, 0.6) is 0 Å². The summed E-state index contributed by atoms with van der Waals surface area (Å²) in [6.45, 7) is 2.70. The summed E-state index contributed by atoms with van der Waals surface area (Å²) >= 11 is 5.78. The number of aliphatic carboxylic acids is 1. The summed E-state index contributed by atoms with van der Waals surface area (Å²) in [7, 11) is 0. The van der Waals surface area contributed by atoms with Gasteiger partial charge in [0.1, 0.15) is 12.0 Å². The highest BCUT2D eigenvalue weighted by Crippen LogP contribution is 2.20. The molecule has 0 saturated carbocycles. The van der Waals surface area contributed by atoms with Crippen LogP contribution in [0, 0.1) is 5.92 Å². The van der Waals surface area contributed by atoms with Crippen LogP contribution in [0.1, 0.15) is 36.5 Å². The first-order valence-corrected chi connectivity index (χ1v) is 8.40. The molecule has 2 amide bonds. The van der Waals surface area contributed by atoms with Gasteiger partial charge in [-0.2, -0.15) is 0 Å². The largest absolute Gasteiger partial charge is 0.481 e. The SMILES string of the molecule is CCCCCN1CC(C(=O)O)C(NC(=O)c2ccc(Cl)cc2)C1=O. The third kappa shape index (κ3) is 4.26. The lowest BCUT2D eigenvalue weighted by Gasteiger charge is -2.17. The standard InChI is InChI=1S/C17H21ClN2O4/c1-2-3-4-9-20-10-13(17(23)24)14(16(20)22)19-15(21)11-5-7-12(18)8-6-11/h5-8,13-14H,2-4,9-10H2,1H3,(H,19,21)(H,23,24). The molecule has 1 aromatic rings. The van der Waals surface area contributed by atoms with E-state index in [0.29, 0.717) is 17.1 Å². The molecule has 24 heavy (non-hydrogen) atoms. The summed E-state index contributed by atoms with van der Waals surface area (Å²) in [4.78, 5) is 37.7. The molecular weight excluding hydrogens is 332 g/mol. The van der Waals surface area contributed by atoms with Gasteiger partial charge in [-0.3, -0.25) is 14.4 Å². The second-order valence-corrected chi connectivity index (χ2v) is 6.33. The fourth-order valence-corrected chi connectivity index (χ4v) is 2.89. The predicted molar refractivity (Wildman–Crippen MR) is 89.9 cm³/mol. The lowest BCUT2D eigenvalue weighted by molar-refractivity contribution is -0.142. The van der Waals surface area contributed by atoms with Crippen molar-refractivity contribution < 1.29 is 19.5 Å². The molecule has 1 saturated heterocycles. The summed E-state index contributed by atoms with van der Waals surface area (Å²) in [5.74, 6) is -2.83. The molecule has 2 atom stereocenters. The van der Waals surface area contributed by atoms with E-state index in [2.05, 4.69) is 12.2 Å². The number of carbonyl (C=O) groups is 3. The van der Waals surface area contributed by atoms with Gasteiger partial charge < -0.3 is 15.3 Å². The van der Waals surface area contributed by atoms with Crippen LogP contribution in [0.3, 0.4) is 0 Å². The van der Waals surface area contributed by atoms with Crippen LogP contribution in [-0.4, -0.2) is 46.9 Å². The molecule has 0 aromatic heterocycles. The summed E-state index contributed by atoms with van der Waals surface area (Å²) in [5, 5.41) is 12.4. The van der Waals surface area contributed by atoms with Crippen molar-refractivity contribution in [1.82, 2.24) is 10.2 Å². The van der Waals surface area contributed by atoms with Crippen molar-refractivity contribution in [2.24, 2.45) is 5.92 Å². The number of carboxylic acids is 1. The molecule has 0 spiro atoms. The minimum Gasteiger partial charge on any atom is -0.481 e. The van der Waals surface area contributed by atoms with Crippen LogP contribution < -0.4 is 5.32 Å². The fourth-order valence-electron chi connectivity index (χ4n) is 2.76. The Morgan fingerprint density at radius 3 is 2.54 bits per heavy atom. The van der Waals surface area contributed by atoms with Crippen molar-refractivity contribution >= 4 is 29.4 Å². The number of carbonyl (C=O) groups excluding carboxylic acids is 2. The maximum atomic E-state index is 12.5. The fraction of sp³-hybridized carbons (Fsp3) is 0.471. The lowest BCUT2D eigenvalue weighted by atomic mass is 10.0. The molecule has 1 fully saturated rings. The van der Waals surface area contributed by atoms with Gasteiger partial charge in [-0.1, -0.05) is 31.4 Å². The Morgan fingerprint density at radius 2 is 1.96 bits per heavy atom. The van der Waals surface area contributed by atoms with E-state index >= 15 is 0 Å². The first kappa shape index (κ1) is 18.3. The van der Waals surface area contributed by atoms with Gasteiger partial charge in [-0.05, 0) is 30.7 Å². The molecule has 1 heterocycles. The van der Waals surface area contributed by atoms with Gasteiger partial charge in [-0.15, -0.1) is 0 Å². The minimum atomic E-state index is -1.08. The highest BCUT2D eigenvalue weighted by Gasteiger charge is 2.45. The van der Waals surface area contributed by atoms with E-state index in [9.17, 15) is 19.5 Å². The number of hydrogen-bond acceptors (Lipinski definition) is 3. The Bertz CT molecular complexity index is 618. The number of hydrogen-bond donors (Lipinski definition) is 2. The molecule has 0 bridgehead atoms. The van der Waals surface area contributed by atoms with Gasteiger partial charge in [0.2, 0.25) is 5.91 Å². The number of amides is 2. The lowest BCUT2D eigenvalue weighted by Crippen LogP contribution is -2.46. The number of nitrogens with one attached hydrogen (secondary N) is 1. The van der Waals surface area contributed by atoms with Gasteiger partial charge in [0.15, 0.2) is 0 Å². The molecule has 1 aromatic carbocycles. The number of nitrogens with zero attached hydrogens (tertiary/aromatic N) is 1. The smallest absolute Gasteiger partial charge is 0.310 e. The average Bonchev–Trinajstić information content (AvgIpc) is 2.85. The second-order valence-electron chi connectivity index (χ2n) is 5.89. The summed E-state index contributed by atoms with van der Waals surface area (Å²) in [5.41, 5.74) is 0.334. The quantitative estimate of drug-likeness (QED) is 0.736. The zero-order valence-electron chi connectivity index (χ0n) is 13.5. The third-order valence-corrected chi connectivity index (χ3v) is 4.39. The highest BCUT2D eigenvalue weighted by atomic mass is 35.5. The Kier molecular flexibility index (Phi) is 6.20. The molecule has 2 unspecified atom stereocenters. The van der Waals surface area contributed by atoms with Gasteiger partial charge in [0.05, 0.1) is 0 Å². The first-order valence-electron chi connectivity index (χ1n) is 8.02. The number of halogens is 1. The van der Waals surface area contributed by atoms with Crippen LogP contribution in [-0.2, 0) is 9.59 Å². The van der Waals surface area contributed by atoms with Crippen molar-refractivity contribution in [2.45, 2.75) is 32.2 Å². The molecule has 2 N–H and O–H groups in total. The van der Waals surface area contributed by atoms with Crippen LogP contribution >= 0.6 is 11.6 Å². The normalized spacial score (nSPS) is 20.2. The van der Waals surface area contributed by atoms with Crippen molar-refractivity contribution in [3.63, 3.8) is 0 Å². The second kappa shape index (κ2) is 8.15. The Balaban J connectivity index is 2.07. The Morgan fingerprint density at radius 1 is 1.29 bits per heavy atom. The molecule has 1 aliphatic rings. The van der Waals surface area contributed by atoms with Crippen molar-refractivity contribution in [1.29, 1.82) is 0 Å². The van der Waals surface area contributed by atoms with Gasteiger partial charge in [0.25, 0.3) is 5.91 Å². The van der Waals surface area contributed by atoms with Crippen LogP contribution in [0.15, 0.2) is 24.3 Å². The summed E-state index contributed by atoms with van der Waals surface area (Å²) in [6.07, 6.45) is 2.82. The molecular formula is C17H21ClN2O4. The maximum absolute atomic E-state index is 12.5.